The van der Waals surface area contributed by atoms with Crippen molar-refractivity contribution in [1.82, 2.24) is 5.43 Å². The number of rotatable bonds is 0. The molecule has 0 saturated carbocycles. The van der Waals surface area contributed by atoms with Gasteiger partial charge < -0.3 is 4.74 Å². The van der Waals surface area contributed by atoms with E-state index in [0.29, 0.717) is 11.2 Å². The molecule has 0 unspecified atom stereocenters. The number of hydrogen-bond acceptors (Lipinski definition) is 2. The van der Waals surface area contributed by atoms with Crippen LogP contribution in [0.2, 0.25) is 0 Å². The molecule has 4 nitrogen and oxygen atoms in total. The Morgan fingerprint density at radius 1 is 1.67 bits per heavy atom. The standard InChI is InChI=1S/C5H10N2O2/c1-7(2)3-4-9-5(8)6-7/h3-4H2,1-2H3/p+1. The highest BCUT2D eigenvalue weighted by molar-refractivity contribution is 5.66. The first-order valence-corrected chi connectivity index (χ1v) is 2.88. The number of carbonyl (C=O) groups is 1. The van der Waals surface area contributed by atoms with Crippen LogP contribution in [0.5, 0.6) is 0 Å². The van der Waals surface area contributed by atoms with E-state index in [-0.39, 0.29) is 6.09 Å². The van der Waals surface area contributed by atoms with Gasteiger partial charge in [0.15, 0.2) is 0 Å². The van der Waals surface area contributed by atoms with Crippen molar-refractivity contribution in [2.45, 2.75) is 0 Å². The van der Waals surface area contributed by atoms with E-state index in [4.69, 9.17) is 0 Å². The molecule has 52 valence electrons. The Morgan fingerprint density at radius 2 is 2.33 bits per heavy atom. The lowest BCUT2D eigenvalue weighted by molar-refractivity contribution is -0.930. The molecule has 1 fully saturated rings. The van der Waals surface area contributed by atoms with Crippen molar-refractivity contribution in [2.75, 3.05) is 27.2 Å². The van der Waals surface area contributed by atoms with Gasteiger partial charge in [-0.1, -0.05) is 0 Å². The molecular weight excluding hydrogens is 120 g/mol. The van der Waals surface area contributed by atoms with Crippen LogP contribution < -0.4 is 5.43 Å². The molecule has 0 atom stereocenters. The Bertz CT molecular complexity index is 133. The van der Waals surface area contributed by atoms with Crippen LogP contribution in [0.1, 0.15) is 0 Å². The topological polar surface area (TPSA) is 38.3 Å². The molecular formula is C5H11N2O2+. The van der Waals surface area contributed by atoms with Crippen molar-refractivity contribution < 1.29 is 14.1 Å². The first kappa shape index (κ1) is 6.35. The lowest BCUT2D eigenvalue weighted by Crippen LogP contribution is -2.59. The van der Waals surface area contributed by atoms with Crippen LogP contribution in [0.25, 0.3) is 0 Å². The van der Waals surface area contributed by atoms with E-state index in [2.05, 4.69) is 10.2 Å². The molecule has 1 aliphatic heterocycles. The fraction of sp³-hybridized carbons (Fsp3) is 0.800. The van der Waals surface area contributed by atoms with E-state index >= 15 is 0 Å². The second kappa shape index (κ2) is 1.88. The molecule has 0 aliphatic carbocycles. The second-order valence-corrected chi connectivity index (χ2v) is 2.66. The zero-order valence-corrected chi connectivity index (χ0v) is 5.68. The molecule has 1 N–H and O–H groups in total. The Hall–Kier alpha value is -0.770. The van der Waals surface area contributed by atoms with Crippen molar-refractivity contribution in [3.05, 3.63) is 0 Å². The zero-order chi connectivity index (χ0) is 6.91. The number of carbonyl (C=O) groups excluding carboxylic acids is 1. The molecule has 1 amide bonds. The predicted octanol–water partition coefficient (Wildman–Crippen LogP) is -0.282. The summed E-state index contributed by atoms with van der Waals surface area (Å²) in [6, 6.07) is 0. The molecule has 4 heteroatoms. The Labute approximate surface area is 54.0 Å². The quantitative estimate of drug-likeness (QED) is 0.459. The summed E-state index contributed by atoms with van der Waals surface area (Å²) < 4.78 is 5.16. The summed E-state index contributed by atoms with van der Waals surface area (Å²) in [7, 11) is 3.83. The van der Waals surface area contributed by atoms with Gasteiger partial charge in [0.05, 0.1) is 14.1 Å². The predicted molar refractivity (Wildman–Crippen MR) is 31.5 cm³/mol. The summed E-state index contributed by atoms with van der Waals surface area (Å²) in [5.74, 6) is 0. The van der Waals surface area contributed by atoms with Gasteiger partial charge in [-0.2, -0.15) is 5.43 Å². The Kier molecular flexibility index (Phi) is 1.32. The van der Waals surface area contributed by atoms with Crippen molar-refractivity contribution in [3.63, 3.8) is 0 Å². The number of cyclic esters (lactones) is 1. The summed E-state index contributed by atoms with van der Waals surface area (Å²) in [6.07, 6.45) is -0.328. The van der Waals surface area contributed by atoms with E-state index in [1.54, 1.807) is 0 Å². The summed E-state index contributed by atoms with van der Waals surface area (Å²) in [4.78, 5) is 10.5. The number of hydrogen-bond donors (Lipinski definition) is 1. The highest BCUT2D eigenvalue weighted by Crippen LogP contribution is 1.97. The fourth-order valence-corrected chi connectivity index (χ4v) is 0.702. The normalized spacial score (nSPS) is 24.4. The molecule has 9 heavy (non-hydrogen) atoms. The maximum Gasteiger partial charge on any atom is 0.452 e. The highest BCUT2D eigenvalue weighted by atomic mass is 16.6. The van der Waals surface area contributed by atoms with Gasteiger partial charge in [0.25, 0.3) is 0 Å². The van der Waals surface area contributed by atoms with Gasteiger partial charge in [-0.25, -0.2) is 9.39 Å². The van der Waals surface area contributed by atoms with Gasteiger partial charge >= 0.3 is 6.09 Å². The van der Waals surface area contributed by atoms with Crippen molar-refractivity contribution >= 4 is 6.09 Å². The van der Waals surface area contributed by atoms with E-state index in [0.717, 1.165) is 6.54 Å². The average molecular weight is 131 g/mol. The first-order valence-electron chi connectivity index (χ1n) is 2.88. The van der Waals surface area contributed by atoms with Crippen molar-refractivity contribution in [2.24, 2.45) is 0 Å². The van der Waals surface area contributed by atoms with Gasteiger partial charge in [0.1, 0.15) is 13.2 Å². The maximum atomic E-state index is 10.5. The van der Waals surface area contributed by atoms with Crippen LogP contribution in [-0.4, -0.2) is 37.9 Å². The van der Waals surface area contributed by atoms with Crippen LogP contribution in [0, 0.1) is 0 Å². The van der Waals surface area contributed by atoms with Gasteiger partial charge in [-0.3, -0.25) is 0 Å². The summed E-state index contributed by atoms with van der Waals surface area (Å²) in [6.45, 7) is 1.34. The molecule has 0 spiro atoms. The number of likely N-dealkylation sites (N-methyl/N-ethyl adjacent to an activating group) is 1. The molecule has 0 aromatic rings. The molecule has 0 aromatic heterocycles. The summed E-state index contributed by atoms with van der Waals surface area (Å²) >= 11 is 0. The summed E-state index contributed by atoms with van der Waals surface area (Å²) in [5, 5.41) is 0. The molecule has 1 heterocycles. The van der Waals surface area contributed by atoms with Crippen LogP contribution in [-0.2, 0) is 4.74 Å². The number of ether oxygens (including phenoxy) is 1. The SMILES string of the molecule is C[N+]1(C)CCOC(=O)N1. The van der Waals surface area contributed by atoms with E-state index in [9.17, 15) is 4.79 Å². The minimum atomic E-state index is -0.328. The molecule has 1 saturated heterocycles. The van der Waals surface area contributed by atoms with E-state index in [1.165, 1.54) is 0 Å². The number of quaternary nitrogens is 1. The van der Waals surface area contributed by atoms with Crippen molar-refractivity contribution in [1.29, 1.82) is 0 Å². The average Bonchev–Trinajstić information content (AvgIpc) is 1.60. The molecule has 0 radical (unpaired) electrons. The highest BCUT2D eigenvalue weighted by Gasteiger charge is 2.24. The third-order valence-corrected chi connectivity index (χ3v) is 1.28. The molecule has 0 bridgehead atoms. The van der Waals surface area contributed by atoms with Gasteiger partial charge in [0, 0.05) is 0 Å². The monoisotopic (exact) mass is 131 g/mol. The fourth-order valence-electron chi connectivity index (χ4n) is 0.702. The van der Waals surface area contributed by atoms with Gasteiger partial charge in [-0.05, 0) is 0 Å². The third-order valence-electron chi connectivity index (χ3n) is 1.28. The largest absolute Gasteiger partial charge is 0.452 e. The van der Waals surface area contributed by atoms with E-state index in [1.807, 2.05) is 14.1 Å². The molecule has 1 rings (SSSR count). The van der Waals surface area contributed by atoms with Crippen LogP contribution in [0.15, 0.2) is 0 Å². The minimum absolute atomic E-state index is 0.328. The number of nitrogens with zero attached hydrogens (tertiary/aromatic N) is 1. The van der Waals surface area contributed by atoms with E-state index < -0.39 is 0 Å². The second-order valence-electron chi connectivity index (χ2n) is 2.66. The van der Waals surface area contributed by atoms with Crippen LogP contribution in [0.3, 0.4) is 0 Å². The van der Waals surface area contributed by atoms with Crippen LogP contribution in [0.4, 0.5) is 4.79 Å². The number of amides is 1. The van der Waals surface area contributed by atoms with Crippen molar-refractivity contribution in [3.8, 4) is 0 Å². The van der Waals surface area contributed by atoms with Gasteiger partial charge in [0.2, 0.25) is 0 Å². The number of nitrogens with one attached hydrogen (secondary N) is 1. The smallest absolute Gasteiger partial charge is 0.440 e. The zero-order valence-electron chi connectivity index (χ0n) is 5.68. The summed E-state index contributed by atoms with van der Waals surface area (Å²) in [5.41, 5.74) is 2.63. The van der Waals surface area contributed by atoms with Gasteiger partial charge in [-0.15, -0.1) is 0 Å². The lowest BCUT2D eigenvalue weighted by Gasteiger charge is -2.31. The Balaban J connectivity index is 2.51. The Morgan fingerprint density at radius 3 is 2.67 bits per heavy atom. The first-order chi connectivity index (χ1) is 4.10. The third kappa shape index (κ3) is 1.57. The lowest BCUT2D eigenvalue weighted by atomic mass is 10.6. The minimum Gasteiger partial charge on any atom is -0.440 e. The molecule has 0 aromatic carbocycles. The maximum absolute atomic E-state index is 10.5. The van der Waals surface area contributed by atoms with Crippen LogP contribution >= 0.6 is 0 Å². The molecule has 1 aliphatic rings.